The summed E-state index contributed by atoms with van der Waals surface area (Å²) in [5.74, 6) is 10.9. The van der Waals surface area contributed by atoms with Crippen molar-refractivity contribution in [3.05, 3.63) is 76.3 Å². The first-order valence-electron chi connectivity index (χ1n) is 11.8. The fraction of sp³-hybridized carbons (Fsp3) is 0.320. The Morgan fingerprint density at radius 1 is 1.16 bits per heavy atom. The van der Waals surface area contributed by atoms with Crippen molar-refractivity contribution >= 4 is 17.3 Å². The molecule has 196 valence electrons. The Labute approximate surface area is 211 Å². The molecule has 0 amide bonds. The smallest absolute Gasteiger partial charge is 0.418 e. The molecule has 1 aliphatic rings. The molecule has 1 aromatic heterocycles. The molecule has 0 atom stereocenters. The van der Waals surface area contributed by atoms with Crippen molar-refractivity contribution in [1.82, 2.24) is 15.0 Å². The first-order chi connectivity index (χ1) is 17.8. The number of amidine groups is 1. The van der Waals surface area contributed by atoms with Crippen LogP contribution in [0.4, 0.5) is 24.7 Å². The van der Waals surface area contributed by atoms with Crippen LogP contribution in [-0.2, 0) is 12.6 Å². The fourth-order valence-electron chi connectivity index (χ4n) is 4.23. The van der Waals surface area contributed by atoms with Gasteiger partial charge in [-0.25, -0.2) is 10.8 Å². The van der Waals surface area contributed by atoms with Crippen LogP contribution in [0.5, 0.6) is 5.75 Å². The molecule has 0 unspecified atom stereocenters. The lowest BCUT2D eigenvalue weighted by atomic mass is 10.1. The second-order valence-corrected chi connectivity index (χ2v) is 8.69. The quantitative estimate of drug-likeness (QED) is 0.154. The number of nitrogens with zero attached hydrogens (tertiary/aromatic N) is 3. The number of aryl methyl sites for hydroxylation is 1. The lowest BCUT2D eigenvalue weighted by Gasteiger charge is -2.18. The maximum Gasteiger partial charge on any atom is 0.418 e. The fourth-order valence-corrected chi connectivity index (χ4v) is 4.23. The second-order valence-electron chi connectivity index (χ2n) is 8.69. The number of hydrazone groups is 1. The number of hydrogen-bond acceptors (Lipinski definition) is 7. The summed E-state index contributed by atoms with van der Waals surface area (Å²) in [5, 5.41) is 6.11. The van der Waals surface area contributed by atoms with Gasteiger partial charge in [0.25, 0.3) is 5.56 Å². The minimum absolute atomic E-state index is 0.0811. The van der Waals surface area contributed by atoms with Gasteiger partial charge < -0.3 is 21.3 Å². The van der Waals surface area contributed by atoms with Gasteiger partial charge in [-0.3, -0.25) is 9.36 Å². The molecule has 12 heteroatoms. The molecule has 1 saturated carbocycles. The number of ether oxygens (including phenoxy) is 1. The molecular formula is C25H28F3N7O2. The van der Waals surface area contributed by atoms with E-state index in [0.717, 1.165) is 37.3 Å². The molecule has 2 aromatic carbocycles. The first kappa shape index (κ1) is 26.0. The molecule has 1 heterocycles. The molecule has 1 fully saturated rings. The van der Waals surface area contributed by atoms with Gasteiger partial charge in [-0.05, 0) is 68.0 Å². The summed E-state index contributed by atoms with van der Waals surface area (Å²) < 4.78 is 48.6. The number of halogens is 3. The van der Waals surface area contributed by atoms with Crippen LogP contribution in [0.3, 0.4) is 0 Å². The van der Waals surface area contributed by atoms with Gasteiger partial charge in [-0.2, -0.15) is 18.3 Å². The predicted octanol–water partition coefficient (Wildman–Crippen LogP) is 3.98. The van der Waals surface area contributed by atoms with E-state index in [0.29, 0.717) is 24.4 Å². The molecule has 4 rings (SSSR count). The van der Waals surface area contributed by atoms with E-state index < -0.39 is 17.3 Å². The Bertz CT molecular complexity index is 1300. The third-order valence-electron chi connectivity index (χ3n) is 6.18. The van der Waals surface area contributed by atoms with Gasteiger partial charge in [0.2, 0.25) is 0 Å². The van der Waals surface area contributed by atoms with Crippen molar-refractivity contribution in [3.8, 4) is 11.4 Å². The van der Waals surface area contributed by atoms with Crippen molar-refractivity contribution in [2.75, 3.05) is 5.32 Å². The Morgan fingerprint density at radius 3 is 2.54 bits per heavy atom. The van der Waals surface area contributed by atoms with Crippen molar-refractivity contribution in [3.63, 3.8) is 0 Å². The Hall–Kier alpha value is -4.06. The Balaban J connectivity index is 1.56. The Kier molecular flexibility index (Phi) is 7.97. The van der Waals surface area contributed by atoms with E-state index in [4.69, 9.17) is 16.4 Å². The van der Waals surface area contributed by atoms with Crippen LogP contribution < -0.4 is 32.7 Å². The van der Waals surface area contributed by atoms with Crippen molar-refractivity contribution in [2.24, 2.45) is 16.8 Å². The molecule has 0 spiro atoms. The van der Waals surface area contributed by atoms with E-state index in [1.165, 1.54) is 29.1 Å². The number of alkyl halides is 3. The minimum Gasteiger partial charge on any atom is -0.490 e. The summed E-state index contributed by atoms with van der Waals surface area (Å²) in [6.07, 6.45) is 2.82. The van der Waals surface area contributed by atoms with Crippen LogP contribution in [0.15, 0.2) is 64.8 Å². The average molecular weight is 516 g/mol. The van der Waals surface area contributed by atoms with Gasteiger partial charge in [0.1, 0.15) is 11.6 Å². The molecule has 3 aromatic rings. The third kappa shape index (κ3) is 6.39. The Morgan fingerprint density at radius 2 is 1.89 bits per heavy atom. The highest BCUT2D eigenvalue weighted by Crippen LogP contribution is 2.38. The highest BCUT2D eigenvalue weighted by molar-refractivity contribution is 5.81. The van der Waals surface area contributed by atoms with Gasteiger partial charge in [0, 0.05) is 24.5 Å². The summed E-state index contributed by atoms with van der Waals surface area (Å²) in [7, 11) is 0. The zero-order valence-electron chi connectivity index (χ0n) is 20.0. The maximum atomic E-state index is 13.9. The standard InChI is InChI=1S/C25H28F3N7O2/c26-25(27,28)20-15-19(37-18-3-1-2-4-18)10-11-21(20)32-23-24(36)35(14-13-31-23)17-8-5-16(6-9-17)7-12-22(33-29)34-30/h5-6,8-11,13-15,18H,1-4,7,12,29-30H2,(H,31,32)(H,33,34). The number of benzene rings is 2. The van der Waals surface area contributed by atoms with Crippen molar-refractivity contribution < 1.29 is 17.9 Å². The second kappa shape index (κ2) is 11.3. The molecule has 0 bridgehead atoms. The number of nitrogens with two attached hydrogens (primary N) is 2. The zero-order chi connectivity index (χ0) is 26.4. The van der Waals surface area contributed by atoms with Crippen LogP contribution >= 0.6 is 0 Å². The van der Waals surface area contributed by atoms with Gasteiger partial charge in [0.15, 0.2) is 5.82 Å². The monoisotopic (exact) mass is 515 g/mol. The van der Waals surface area contributed by atoms with Crippen molar-refractivity contribution in [1.29, 1.82) is 0 Å². The average Bonchev–Trinajstić information content (AvgIpc) is 3.40. The normalized spacial score (nSPS) is 14.5. The van der Waals surface area contributed by atoms with Crippen LogP contribution in [0.1, 0.15) is 43.2 Å². The summed E-state index contributed by atoms with van der Waals surface area (Å²) >= 11 is 0. The largest absolute Gasteiger partial charge is 0.490 e. The molecule has 9 nitrogen and oxygen atoms in total. The zero-order valence-corrected chi connectivity index (χ0v) is 20.0. The molecule has 37 heavy (non-hydrogen) atoms. The van der Waals surface area contributed by atoms with Gasteiger partial charge in [0.05, 0.1) is 17.4 Å². The molecule has 6 N–H and O–H groups in total. The molecule has 0 radical (unpaired) electrons. The first-order valence-corrected chi connectivity index (χ1v) is 11.8. The lowest BCUT2D eigenvalue weighted by molar-refractivity contribution is -0.137. The van der Waals surface area contributed by atoms with E-state index in [2.05, 4.69) is 20.8 Å². The SMILES string of the molecule is N/N=C(/CCc1ccc(-n2ccnc(Nc3ccc(OC4CCCC4)cc3C(F)(F)F)c2=O)cc1)NN. The van der Waals surface area contributed by atoms with E-state index in [1.54, 1.807) is 12.1 Å². The highest BCUT2D eigenvalue weighted by Gasteiger charge is 2.35. The van der Waals surface area contributed by atoms with E-state index in [-0.39, 0.29) is 23.4 Å². The van der Waals surface area contributed by atoms with E-state index in [9.17, 15) is 18.0 Å². The number of anilines is 2. The van der Waals surface area contributed by atoms with Gasteiger partial charge >= 0.3 is 6.18 Å². The van der Waals surface area contributed by atoms with Crippen LogP contribution in [0, 0.1) is 0 Å². The van der Waals surface area contributed by atoms with Crippen molar-refractivity contribution in [2.45, 2.75) is 50.8 Å². The number of nitrogens with one attached hydrogen (secondary N) is 2. The van der Waals surface area contributed by atoms with Gasteiger partial charge in [-0.1, -0.05) is 12.1 Å². The van der Waals surface area contributed by atoms with Gasteiger partial charge in [-0.15, -0.1) is 0 Å². The number of aromatic nitrogens is 2. The molecule has 0 aliphatic heterocycles. The third-order valence-corrected chi connectivity index (χ3v) is 6.18. The molecule has 0 saturated heterocycles. The summed E-state index contributed by atoms with van der Waals surface area (Å²) in [6.45, 7) is 0. The van der Waals surface area contributed by atoms with E-state index >= 15 is 0 Å². The number of hydrazine groups is 1. The predicted molar refractivity (Wildman–Crippen MR) is 135 cm³/mol. The number of hydrogen-bond donors (Lipinski definition) is 4. The summed E-state index contributed by atoms with van der Waals surface area (Å²) in [6, 6.07) is 10.8. The van der Waals surface area contributed by atoms with Crippen LogP contribution in [0.25, 0.3) is 5.69 Å². The van der Waals surface area contributed by atoms with E-state index in [1.807, 2.05) is 12.1 Å². The lowest BCUT2D eigenvalue weighted by Crippen LogP contribution is -2.31. The maximum absolute atomic E-state index is 13.9. The topological polar surface area (TPSA) is 133 Å². The molecular weight excluding hydrogens is 487 g/mol. The number of rotatable bonds is 8. The van der Waals surface area contributed by atoms with Crippen LogP contribution in [-0.4, -0.2) is 21.5 Å². The van der Waals surface area contributed by atoms with Crippen LogP contribution in [0.2, 0.25) is 0 Å². The highest BCUT2D eigenvalue weighted by atomic mass is 19.4. The molecule has 1 aliphatic carbocycles. The summed E-state index contributed by atoms with van der Waals surface area (Å²) in [5.41, 5.74) is 2.08. The summed E-state index contributed by atoms with van der Waals surface area (Å²) in [4.78, 5) is 17.1. The minimum atomic E-state index is -4.66.